The van der Waals surface area contributed by atoms with E-state index in [1.54, 1.807) is 23.5 Å². The second kappa shape index (κ2) is 7.72. The molecule has 4 nitrogen and oxygen atoms in total. The molecule has 0 saturated heterocycles. The van der Waals surface area contributed by atoms with Gasteiger partial charge in [0.15, 0.2) is 0 Å². The van der Waals surface area contributed by atoms with Gasteiger partial charge in [0.05, 0.1) is 16.5 Å². The Balaban J connectivity index is 1.81. The van der Waals surface area contributed by atoms with Gasteiger partial charge in [-0.3, -0.25) is 4.79 Å². The molecule has 0 aliphatic rings. The van der Waals surface area contributed by atoms with Crippen LogP contribution < -0.4 is 5.32 Å². The average molecular weight is 392 g/mol. The van der Waals surface area contributed by atoms with Crippen molar-refractivity contribution in [2.45, 2.75) is 32.2 Å². The molecule has 3 rings (SSSR count). The predicted octanol–water partition coefficient (Wildman–Crippen LogP) is 5.25. The number of hydrogen-bond acceptors (Lipinski definition) is 5. The number of aryl methyl sites for hydroxylation is 3. The highest BCUT2D eigenvalue weighted by atomic mass is 35.5. The standard InChI is InChI=1S/C18H18ClN3OS2/c1-4-12-10(2)25-18-16(12)17(20-11(3)21-18)24-9-15(23)22-14-8-6-5-7-13(14)19/h5-8H,4,9H2,1-3H3,(H,22,23). The number of thioether (sulfide) groups is 1. The third kappa shape index (κ3) is 3.97. The van der Waals surface area contributed by atoms with E-state index >= 15 is 0 Å². The Bertz CT molecular complexity index is 939. The molecule has 0 unspecified atom stereocenters. The van der Waals surface area contributed by atoms with E-state index in [1.165, 1.54) is 22.2 Å². The van der Waals surface area contributed by atoms with Crippen LogP contribution in [0.5, 0.6) is 0 Å². The van der Waals surface area contributed by atoms with Crippen molar-refractivity contribution in [3.63, 3.8) is 0 Å². The summed E-state index contributed by atoms with van der Waals surface area (Å²) in [6.45, 7) is 6.12. The lowest BCUT2D eigenvalue weighted by Gasteiger charge is -2.08. The number of rotatable bonds is 5. The molecule has 7 heteroatoms. The van der Waals surface area contributed by atoms with Crippen LogP contribution in [-0.2, 0) is 11.2 Å². The van der Waals surface area contributed by atoms with Crippen LogP contribution in [0.2, 0.25) is 5.02 Å². The van der Waals surface area contributed by atoms with Gasteiger partial charge in [0.1, 0.15) is 15.7 Å². The van der Waals surface area contributed by atoms with E-state index in [-0.39, 0.29) is 11.7 Å². The second-order valence-corrected chi connectivity index (χ2v) is 8.14. The Labute approximate surface area is 160 Å². The van der Waals surface area contributed by atoms with Crippen molar-refractivity contribution in [1.29, 1.82) is 0 Å². The molecule has 25 heavy (non-hydrogen) atoms. The Morgan fingerprint density at radius 3 is 2.76 bits per heavy atom. The molecule has 3 aromatic rings. The van der Waals surface area contributed by atoms with Crippen LogP contribution in [0.1, 0.15) is 23.2 Å². The number of nitrogens with zero attached hydrogens (tertiary/aromatic N) is 2. The fourth-order valence-corrected chi connectivity index (χ4v) is 4.96. The lowest BCUT2D eigenvalue weighted by atomic mass is 10.1. The van der Waals surface area contributed by atoms with E-state index in [9.17, 15) is 4.79 Å². The normalized spacial score (nSPS) is 11.0. The number of benzene rings is 1. The first kappa shape index (κ1) is 18.2. The van der Waals surface area contributed by atoms with E-state index in [4.69, 9.17) is 11.6 Å². The van der Waals surface area contributed by atoms with Crippen molar-refractivity contribution in [3.05, 3.63) is 45.6 Å². The van der Waals surface area contributed by atoms with Gasteiger partial charge in [0.25, 0.3) is 0 Å². The highest BCUT2D eigenvalue weighted by Crippen LogP contribution is 2.36. The molecule has 2 aromatic heterocycles. The minimum Gasteiger partial charge on any atom is -0.324 e. The molecule has 0 aliphatic carbocycles. The fourth-order valence-electron chi connectivity index (χ4n) is 2.65. The molecular formula is C18H18ClN3OS2. The number of halogens is 1. The molecule has 1 aromatic carbocycles. The summed E-state index contributed by atoms with van der Waals surface area (Å²) in [4.78, 5) is 23.7. The maximum atomic E-state index is 12.3. The summed E-state index contributed by atoms with van der Waals surface area (Å²) in [5.74, 6) is 0.896. The molecule has 0 bridgehead atoms. The minimum absolute atomic E-state index is 0.104. The summed E-state index contributed by atoms with van der Waals surface area (Å²) < 4.78 is 0. The Morgan fingerprint density at radius 1 is 1.28 bits per heavy atom. The van der Waals surface area contributed by atoms with Gasteiger partial charge >= 0.3 is 0 Å². The molecule has 0 atom stereocenters. The largest absolute Gasteiger partial charge is 0.324 e. The number of aromatic nitrogens is 2. The first-order valence-electron chi connectivity index (χ1n) is 7.93. The van der Waals surface area contributed by atoms with Gasteiger partial charge in [0.2, 0.25) is 5.91 Å². The highest BCUT2D eigenvalue weighted by Gasteiger charge is 2.16. The third-order valence-corrected chi connectivity index (χ3v) is 6.12. The van der Waals surface area contributed by atoms with Crippen molar-refractivity contribution in [1.82, 2.24) is 9.97 Å². The van der Waals surface area contributed by atoms with E-state index < -0.39 is 0 Å². The SMILES string of the molecule is CCc1c(C)sc2nc(C)nc(SCC(=O)Nc3ccccc3Cl)c12. The van der Waals surface area contributed by atoms with Gasteiger partial charge in [-0.1, -0.05) is 42.4 Å². The van der Waals surface area contributed by atoms with Crippen molar-refractivity contribution in [2.75, 3.05) is 11.1 Å². The zero-order chi connectivity index (χ0) is 18.0. The number of thiophene rings is 1. The zero-order valence-corrected chi connectivity index (χ0v) is 16.6. The zero-order valence-electron chi connectivity index (χ0n) is 14.2. The summed E-state index contributed by atoms with van der Waals surface area (Å²) in [6.07, 6.45) is 0.928. The highest BCUT2D eigenvalue weighted by molar-refractivity contribution is 8.00. The van der Waals surface area contributed by atoms with E-state index in [0.717, 1.165) is 27.5 Å². The van der Waals surface area contributed by atoms with Gasteiger partial charge in [0, 0.05) is 10.3 Å². The number of anilines is 1. The summed E-state index contributed by atoms with van der Waals surface area (Å²) in [5, 5.41) is 5.34. The van der Waals surface area contributed by atoms with Crippen molar-refractivity contribution < 1.29 is 4.79 Å². The number of carbonyl (C=O) groups is 1. The number of hydrogen-bond donors (Lipinski definition) is 1. The maximum absolute atomic E-state index is 12.3. The predicted molar refractivity (Wildman–Crippen MR) is 107 cm³/mol. The smallest absolute Gasteiger partial charge is 0.234 e. The topological polar surface area (TPSA) is 54.9 Å². The quantitative estimate of drug-likeness (QED) is 0.476. The van der Waals surface area contributed by atoms with E-state index in [0.29, 0.717) is 10.7 Å². The molecule has 130 valence electrons. The van der Waals surface area contributed by atoms with Gasteiger partial charge in [-0.25, -0.2) is 9.97 Å². The Morgan fingerprint density at radius 2 is 2.04 bits per heavy atom. The number of nitrogens with one attached hydrogen (secondary N) is 1. The van der Waals surface area contributed by atoms with Crippen molar-refractivity contribution in [3.8, 4) is 0 Å². The van der Waals surface area contributed by atoms with Crippen LogP contribution in [0.3, 0.4) is 0 Å². The van der Waals surface area contributed by atoms with Crippen molar-refractivity contribution in [2.24, 2.45) is 0 Å². The number of para-hydroxylation sites is 1. The molecule has 1 amide bonds. The molecule has 2 heterocycles. The number of amides is 1. The molecule has 0 radical (unpaired) electrons. The monoisotopic (exact) mass is 391 g/mol. The van der Waals surface area contributed by atoms with E-state index in [2.05, 4.69) is 29.1 Å². The minimum atomic E-state index is -0.104. The summed E-state index contributed by atoms with van der Waals surface area (Å²) >= 11 is 9.21. The van der Waals surface area contributed by atoms with Gasteiger partial charge in [-0.2, -0.15) is 0 Å². The second-order valence-electron chi connectivity index (χ2n) is 5.56. The average Bonchev–Trinajstić information content (AvgIpc) is 2.89. The van der Waals surface area contributed by atoms with Gasteiger partial charge in [-0.15, -0.1) is 11.3 Å². The fraction of sp³-hybridized carbons (Fsp3) is 0.278. The lowest BCUT2D eigenvalue weighted by molar-refractivity contribution is -0.113. The lowest BCUT2D eigenvalue weighted by Crippen LogP contribution is -2.14. The van der Waals surface area contributed by atoms with Gasteiger partial charge < -0.3 is 5.32 Å². The third-order valence-electron chi connectivity index (χ3n) is 3.77. The summed E-state index contributed by atoms with van der Waals surface area (Å²) in [6, 6.07) is 7.21. The molecule has 0 saturated carbocycles. The van der Waals surface area contributed by atoms with Crippen LogP contribution in [0, 0.1) is 13.8 Å². The van der Waals surface area contributed by atoms with Crippen LogP contribution in [0.25, 0.3) is 10.2 Å². The van der Waals surface area contributed by atoms with Crippen LogP contribution in [-0.4, -0.2) is 21.6 Å². The number of carbonyl (C=O) groups excluding carboxylic acids is 1. The Kier molecular flexibility index (Phi) is 5.61. The van der Waals surface area contributed by atoms with E-state index in [1.807, 2.05) is 19.1 Å². The molecule has 0 aliphatic heterocycles. The summed E-state index contributed by atoms with van der Waals surface area (Å²) in [5.41, 5.74) is 1.90. The van der Waals surface area contributed by atoms with Crippen LogP contribution >= 0.6 is 34.7 Å². The first-order valence-corrected chi connectivity index (χ1v) is 10.1. The van der Waals surface area contributed by atoms with Crippen LogP contribution in [0.15, 0.2) is 29.3 Å². The van der Waals surface area contributed by atoms with Crippen molar-refractivity contribution >= 4 is 56.5 Å². The maximum Gasteiger partial charge on any atom is 0.234 e. The molecule has 0 spiro atoms. The van der Waals surface area contributed by atoms with Crippen LogP contribution in [0.4, 0.5) is 5.69 Å². The Hall–Kier alpha value is -1.63. The summed E-state index contributed by atoms with van der Waals surface area (Å²) in [7, 11) is 0. The molecule has 0 fully saturated rings. The molecule has 1 N–H and O–H groups in total. The molecular weight excluding hydrogens is 374 g/mol. The first-order chi connectivity index (χ1) is 12.0. The van der Waals surface area contributed by atoms with Gasteiger partial charge in [-0.05, 0) is 38.0 Å². The number of fused-ring (bicyclic) bond motifs is 1.